The minimum atomic E-state index is -1.05. The van der Waals surface area contributed by atoms with Crippen LogP contribution in [0, 0.1) is 0 Å². The number of rotatable bonds is 7. The lowest BCUT2D eigenvalue weighted by Gasteiger charge is -2.12. The van der Waals surface area contributed by atoms with Crippen molar-refractivity contribution >= 4 is 75.4 Å². The van der Waals surface area contributed by atoms with Crippen LogP contribution in [0.5, 0.6) is 5.75 Å². The molecule has 3 aromatic carbocycles. The van der Waals surface area contributed by atoms with Gasteiger partial charge in [-0.3, -0.25) is 9.69 Å². The number of ether oxygens (including phenoxy) is 1. The first-order valence-corrected chi connectivity index (χ1v) is 12.7. The molecular weight excluding hydrogens is 543 g/mol. The smallest absolute Gasteiger partial charge is 0.335 e. The van der Waals surface area contributed by atoms with Gasteiger partial charge < -0.3 is 9.84 Å². The van der Waals surface area contributed by atoms with Crippen LogP contribution in [-0.2, 0) is 11.4 Å². The maximum Gasteiger partial charge on any atom is 0.335 e. The molecule has 0 saturated carbocycles. The van der Waals surface area contributed by atoms with Crippen molar-refractivity contribution < 1.29 is 19.4 Å². The molecule has 36 heavy (non-hydrogen) atoms. The van der Waals surface area contributed by atoms with Gasteiger partial charge in [0.1, 0.15) is 12.4 Å². The number of aromatic carboxylic acids is 1. The first-order valence-electron chi connectivity index (χ1n) is 10.7. The van der Waals surface area contributed by atoms with Gasteiger partial charge in [-0.25, -0.2) is 9.79 Å². The van der Waals surface area contributed by atoms with E-state index in [2.05, 4.69) is 4.99 Å². The van der Waals surface area contributed by atoms with E-state index in [1.165, 1.54) is 28.8 Å². The number of benzene rings is 3. The second-order valence-electron chi connectivity index (χ2n) is 7.62. The van der Waals surface area contributed by atoms with Crippen LogP contribution in [0.25, 0.3) is 6.08 Å². The van der Waals surface area contributed by atoms with Crippen LogP contribution in [0.2, 0.25) is 15.1 Å². The first kappa shape index (κ1) is 26.1. The number of hydrogen-bond acceptors (Lipinski definition) is 5. The molecule has 4 rings (SSSR count). The quantitative estimate of drug-likeness (QED) is 0.301. The van der Waals surface area contributed by atoms with Crippen LogP contribution in [0.4, 0.5) is 5.69 Å². The van der Waals surface area contributed by atoms with E-state index in [1.54, 1.807) is 54.6 Å². The molecule has 10 heteroatoms. The maximum atomic E-state index is 13.1. The predicted octanol–water partition coefficient (Wildman–Crippen LogP) is 7.55. The van der Waals surface area contributed by atoms with Gasteiger partial charge >= 0.3 is 5.97 Å². The second kappa shape index (κ2) is 11.4. The number of carbonyl (C=O) groups is 2. The van der Waals surface area contributed by atoms with Crippen LogP contribution in [0.1, 0.15) is 28.4 Å². The molecule has 0 bridgehead atoms. The Kier molecular flexibility index (Phi) is 8.26. The topological polar surface area (TPSA) is 79.2 Å². The van der Waals surface area contributed by atoms with Gasteiger partial charge in [0.2, 0.25) is 0 Å². The highest BCUT2D eigenvalue weighted by atomic mass is 35.5. The summed E-state index contributed by atoms with van der Waals surface area (Å²) in [7, 11) is 0. The summed E-state index contributed by atoms with van der Waals surface area (Å²) in [5.74, 6) is -0.746. The number of likely N-dealkylation sites (N-methyl/N-ethyl adjacent to an activating group) is 1. The lowest BCUT2D eigenvalue weighted by molar-refractivity contribution is -0.122. The number of nitrogens with zero attached hydrogens (tertiary/aromatic N) is 2. The Labute approximate surface area is 227 Å². The molecule has 0 aromatic heterocycles. The summed E-state index contributed by atoms with van der Waals surface area (Å²) in [5, 5.41) is 11.2. The van der Waals surface area contributed by atoms with Crippen LogP contribution in [0.15, 0.2) is 70.6 Å². The van der Waals surface area contributed by atoms with Crippen LogP contribution in [-0.4, -0.2) is 33.6 Å². The number of carboxylic acid groups (broad SMARTS) is 1. The number of carbonyl (C=O) groups excluding carboxylic acids is 1. The Morgan fingerprint density at radius 2 is 1.83 bits per heavy atom. The highest BCUT2D eigenvalue weighted by Gasteiger charge is 2.32. The maximum absolute atomic E-state index is 13.1. The largest absolute Gasteiger partial charge is 0.488 e. The molecule has 1 N–H and O–H groups in total. The van der Waals surface area contributed by atoms with Crippen LogP contribution in [0.3, 0.4) is 0 Å². The molecule has 1 fully saturated rings. The molecular formula is C26H19Cl3N2O4S. The van der Waals surface area contributed by atoms with Gasteiger partial charge in [-0.2, -0.15) is 0 Å². The number of hydrogen-bond donors (Lipinski definition) is 1. The molecule has 1 aliphatic heterocycles. The van der Waals surface area contributed by atoms with Gasteiger partial charge in [-0.15, -0.1) is 0 Å². The zero-order valence-corrected chi connectivity index (χ0v) is 22.0. The minimum Gasteiger partial charge on any atom is -0.488 e. The van der Waals surface area contributed by atoms with Crippen molar-refractivity contribution in [2.45, 2.75) is 13.5 Å². The van der Waals surface area contributed by atoms with Gasteiger partial charge in [-0.05, 0) is 73.3 Å². The highest BCUT2D eigenvalue weighted by molar-refractivity contribution is 8.18. The SMILES string of the molecule is CCN1C(=O)/C(=C\c2cc(Cl)ccc2OCc2ccc(Cl)cc2Cl)SC1=Nc1cccc(C(=O)O)c1. The van der Waals surface area contributed by atoms with E-state index < -0.39 is 5.97 Å². The van der Waals surface area contributed by atoms with Crippen molar-refractivity contribution in [2.75, 3.05) is 6.54 Å². The zero-order valence-electron chi connectivity index (χ0n) is 18.9. The predicted molar refractivity (Wildman–Crippen MR) is 146 cm³/mol. The number of amidine groups is 1. The van der Waals surface area contributed by atoms with Crippen LogP contribution < -0.4 is 4.74 Å². The highest BCUT2D eigenvalue weighted by Crippen LogP contribution is 2.36. The van der Waals surface area contributed by atoms with Crippen molar-refractivity contribution in [3.8, 4) is 5.75 Å². The van der Waals surface area contributed by atoms with Crippen molar-refractivity contribution in [1.29, 1.82) is 0 Å². The fourth-order valence-electron chi connectivity index (χ4n) is 3.39. The molecule has 0 spiro atoms. The third-order valence-corrected chi connectivity index (χ3v) is 7.01. The fourth-order valence-corrected chi connectivity index (χ4v) is 5.09. The van der Waals surface area contributed by atoms with Crippen molar-refractivity contribution in [1.82, 2.24) is 4.90 Å². The van der Waals surface area contributed by atoms with E-state index in [0.717, 1.165) is 5.56 Å². The van der Waals surface area contributed by atoms with E-state index in [1.807, 2.05) is 6.92 Å². The lowest BCUT2D eigenvalue weighted by Crippen LogP contribution is -2.28. The van der Waals surface area contributed by atoms with E-state index >= 15 is 0 Å². The van der Waals surface area contributed by atoms with Gasteiger partial charge in [0.05, 0.1) is 16.2 Å². The monoisotopic (exact) mass is 560 g/mol. The van der Waals surface area contributed by atoms with Gasteiger partial charge in [0.25, 0.3) is 5.91 Å². The van der Waals surface area contributed by atoms with E-state index in [9.17, 15) is 14.7 Å². The Morgan fingerprint density at radius 3 is 2.56 bits per heavy atom. The molecule has 184 valence electrons. The van der Waals surface area contributed by atoms with E-state index in [-0.39, 0.29) is 18.1 Å². The second-order valence-corrected chi connectivity index (χ2v) is 9.91. The molecule has 1 saturated heterocycles. The Balaban J connectivity index is 1.63. The Hall–Kier alpha value is -2.97. The number of aliphatic imine (C=N–C) groups is 1. The fraction of sp³-hybridized carbons (Fsp3) is 0.115. The molecule has 1 amide bonds. The number of amides is 1. The van der Waals surface area contributed by atoms with Crippen molar-refractivity contribution in [3.05, 3.63) is 97.3 Å². The molecule has 0 atom stereocenters. The van der Waals surface area contributed by atoms with E-state index in [0.29, 0.717) is 48.7 Å². The van der Waals surface area contributed by atoms with Crippen molar-refractivity contribution in [2.24, 2.45) is 4.99 Å². The van der Waals surface area contributed by atoms with Gasteiger partial charge in [0, 0.05) is 32.7 Å². The molecule has 0 aliphatic carbocycles. The molecule has 6 nitrogen and oxygen atoms in total. The van der Waals surface area contributed by atoms with Gasteiger partial charge in [0.15, 0.2) is 5.17 Å². The summed E-state index contributed by atoms with van der Waals surface area (Å²) < 4.78 is 6.00. The van der Waals surface area contributed by atoms with Gasteiger partial charge in [-0.1, -0.05) is 46.9 Å². The summed E-state index contributed by atoms with van der Waals surface area (Å²) in [6.07, 6.45) is 1.70. The standard InChI is InChI=1S/C26H19Cl3N2O4S/c1-2-31-24(32)23(36-26(31)30-20-5-3-4-15(11-20)25(33)34)12-17-10-18(27)8-9-22(17)35-14-16-6-7-19(28)13-21(16)29/h3-13H,2,14H2,1H3,(H,33,34)/b23-12+,30-26?. The normalized spacial score (nSPS) is 15.7. The summed E-state index contributed by atoms with van der Waals surface area (Å²) in [6.45, 7) is 2.44. The molecule has 1 aliphatic rings. The zero-order chi connectivity index (χ0) is 25.8. The third kappa shape index (κ3) is 6.05. The summed E-state index contributed by atoms with van der Waals surface area (Å²) in [6, 6.07) is 16.5. The number of halogens is 3. The summed E-state index contributed by atoms with van der Waals surface area (Å²) in [5.41, 5.74) is 1.94. The lowest BCUT2D eigenvalue weighted by atomic mass is 10.1. The molecule has 3 aromatic rings. The summed E-state index contributed by atoms with van der Waals surface area (Å²) in [4.78, 5) is 30.9. The average molecular weight is 562 g/mol. The average Bonchev–Trinajstić information content (AvgIpc) is 3.13. The minimum absolute atomic E-state index is 0.117. The number of carboxylic acids is 1. The molecule has 0 unspecified atom stereocenters. The van der Waals surface area contributed by atoms with Crippen LogP contribution >= 0.6 is 46.6 Å². The van der Waals surface area contributed by atoms with E-state index in [4.69, 9.17) is 39.5 Å². The Bertz CT molecular complexity index is 1410. The Morgan fingerprint density at radius 1 is 1.08 bits per heavy atom. The first-order chi connectivity index (χ1) is 17.2. The summed E-state index contributed by atoms with van der Waals surface area (Å²) >= 11 is 19.7. The third-order valence-electron chi connectivity index (χ3n) is 5.18. The van der Waals surface area contributed by atoms with Crippen molar-refractivity contribution in [3.63, 3.8) is 0 Å². The molecule has 0 radical (unpaired) electrons. The molecule has 1 heterocycles. The number of thioether (sulfide) groups is 1.